The number of halogens is 1. The number of hydrogen-bond acceptors (Lipinski definition) is 3. The maximum Gasteiger partial charge on any atom is 0.124 e. The van der Waals surface area contributed by atoms with E-state index in [1.54, 1.807) is 12.1 Å². The zero-order chi connectivity index (χ0) is 15.8. The molecule has 0 unspecified atom stereocenters. The number of nitrogens with one attached hydrogen (secondary N) is 2. The van der Waals surface area contributed by atoms with E-state index in [0.29, 0.717) is 0 Å². The lowest BCUT2D eigenvalue weighted by molar-refractivity contribution is 0.627. The van der Waals surface area contributed by atoms with Crippen molar-refractivity contribution in [3.05, 3.63) is 65.0 Å². The summed E-state index contributed by atoms with van der Waals surface area (Å²) < 4.78 is 13.8. The van der Waals surface area contributed by atoms with Gasteiger partial charge in [0.15, 0.2) is 0 Å². The maximum atomic E-state index is 13.8. The lowest BCUT2D eigenvalue weighted by atomic mass is 9.96. The van der Waals surface area contributed by atoms with Crippen molar-refractivity contribution in [2.75, 3.05) is 18.4 Å². The van der Waals surface area contributed by atoms with E-state index in [-0.39, 0.29) is 5.82 Å². The fraction of sp³-hybridized carbons (Fsp3) is 0.211. The van der Waals surface area contributed by atoms with E-state index in [2.05, 4.69) is 35.8 Å². The highest BCUT2D eigenvalue weighted by Crippen LogP contribution is 2.36. The molecule has 0 saturated heterocycles. The number of rotatable bonds is 1. The molecule has 2 aliphatic heterocycles. The fourth-order valence-electron chi connectivity index (χ4n) is 3.07. The van der Waals surface area contributed by atoms with Crippen LogP contribution >= 0.6 is 0 Å². The number of aliphatic imine (C=N–C) groups is 1. The third-order valence-electron chi connectivity index (χ3n) is 4.26. The Hall–Kier alpha value is -2.46. The van der Waals surface area contributed by atoms with Crippen molar-refractivity contribution in [2.24, 2.45) is 4.99 Å². The van der Waals surface area contributed by atoms with Crippen molar-refractivity contribution in [2.45, 2.75) is 13.3 Å². The second-order valence-electron chi connectivity index (χ2n) is 5.98. The molecule has 0 aliphatic carbocycles. The molecular formula is C19H18FN3. The average molecular weight is 307 g/mol. The number of fused-ring (bicyclic) bond motifs is 2. The van der Waals surface area contributed by atoms with E-state index >= 15 is 0 Å². The molecule has 0 saturated carbocycles. The van der Waals surface area contributed by atoms with Crippen LogP contribution in [-0.4, -0.2) is 18.8 Å². The second-order valence-corrected chi connectivity index (χ2v) is 5.98. The molecule has 2 aliphatic rings. The average Bonchev–Trinajstić information content (AvgIpc) is 2.72. The van der Waals surface area contributed by atoms with Gasteiger partial charge in [0, 0.05) is 17.8 Å². The summed E-state index contributed by atoms with van der Waals surface area (Å²) in [5, 5.41) is 6.71. The third kappa shape index (κ3) is 2.66. The first-order valence-electron chi connectivity index (χ1n) is 7.87. The number of anilines is 2. The minimum atomic E-state index is -0.241. The Morgan fingerprint density at radius 1 is 1.09 bits per heavy atom. The van der Waals surface area contributed by atoms with Gasteiger partial charge in [-0.2, -0.15) is 0 Å². The molecule has 0 aromatic heterocycles. The van der Waals surface area contributed by atoms with Crippen LogP contribution in [0.4, 0.5) is 21.5 Å². The van der Waals surface area contributed by atoms with Gasteiger partial charge in [-0.3, -0.25) is 0 Å². The monoisotopic (exact) mass is 307 g/mol. The van der Waals surface area contributed by atoms with E-state index in [9.17, 15) is 4.39 Å². The molecule has 0 amide bonds. The van der Waals surface area contributed by atoms with Crippen molar-refractivity contribution in [1.29, 1.82) is 0 Å². The van der Waals surface area contributed by atoms with Crippen LogP contribution in [0, 0.1) is 12.7 Å². The van der Waals surface area contributed by atoms with Crippen LogP contribution in [0.2, 0.25) is 0 Å². The molecule has 0 radical (unpaired) electrons. The lowest BCUT2D eigenvalue weighted by Gasteiger charge is -2.17. The Morgan fingerprint density at radius 3 is 2.78 bits per heavy atom. The molecule has 4 rings (SSSR count). The molecular weight excluding hydrogens is 289 g/mol. The first kappa shape index (κ1) is 14.2. The molecule has 2 N–H and O–H groups in total. The number of hydrogen-bond donors (Lipinski definition) is 2. The molecule has 0 fully saturated rings. The van der Waals surface area contributed by atoms with E-state index in [1.807, 2.05) is 6.07 Å². The highest BCUT2D eigenvalue weighted by atomic mass is 19.1. The predicted octanol–water partition coefficient (Wildman–Crippen LogP) is 4.23. The predicted molar refractivity (Wildman–Crippen MR) is 92.6 cm³/mol. The van der Waals surface area contributed by atoms with E-state index in [0.717, 1.165) is 53.4 Å². The zero-order valence-electron chi connectivity index (χ0n) is 13.0. The molecule has 2 aromatic rings. The van der Waals surface area contributed by atoms with Gasteiger partial charge in [-0.15, -0.1) is 0 Å². The summed E-state index contributed by atoms with van der Waals surface area (Å²) in [5.41, 5.74) is 6.78. The summed E-state index contributed by atoms with van der Waals surface area (Å²) in [7, 11) is 0. The van der Waals surface area contributed by atoms with Crippen LogP contribution in [0.5, 0.6) is 0 Å². The van der Waals surface area contributed by atoms with Crippen molar-refractivity contribution in [3.8, 4) is 0 Å². The molecule has 23 heavy (non-hydrogen) atoms. The molecule has 2 heterocycles. The van der Waals surface area contributed by atoms with E-state index in [1.165, 1.54) is 11.6 Å². The smallest absolute Gasteiger partial charge is 0.124 e. The van der Waals surface area contributed by atoms with Gasteiger partial charge < -0.3 is 10.6 Å². The number of aryl methyl sites for hydroxylation is 1. The molecule has 4 heteroatoms. The van der Waals surface area contributed by atoms with Gasteiger partial charge >= 0.3 is 0 Å². The summed E-state index contributed by atoms with van der Waals surface area (Å²) in [6.07, 6.45) is 3.05. The van der Waals surface area contributed by atoms with Crippen molar-refractivity contribution in [1.82, 2.24) is 5.32 Å². The largest absolute Gasteiger partial charge is 0.353 e. The first-order chi connectivity index (χ1) is 11.2. The summed E-state index contributed by atoms with van der Waals surface area (Å²) in [6.45, 7) is 3.80. The van der Waals surface area contributed by atoms with Gasteiger partial charge in [0.1, 0.15) is 5.82 Å². The Kier molecular flexibility index (Phi) is 3.46. The van der Waals surface area contributed by atoms with Gasteiger partial charge in [-0.1, -0.05) is 12.1 Å². The van der Waals surface area contributed by atoms with Crippen LogP contribution in [-0.2, 0) is 0 Å². The summed E-state index contributed by atoms with van der Waals surface area (Å²) >= 11 is 0. The van der Waals surface area contributed by atoms with E-state index in [4.69, 9.17) is 4.99 Å². The molecule has 2 aromatic carbocycles. The van der Waals surface area contributed by atoms with Gasteiger partial charge in [-0.05, 0) is 61.4 Å². The molecule has 0 bridgehead atoms. The molecule has 0 atom stereocenters. The van der Waals surface area contributed by atoms with Crippen LogP contribution in [0.3, 0.4) is 0 Å². The van der Waals surface area contributed by atoms with E-state index < -0.39 is 0 Å². The highest BCUT2D eigenvalue weighted by Gasteiger charge is 2.21. The maximum absolute atomic E-state index is 13.8. The Labute approximate surface area is 135 Å². The zero-order valence-corrected chi connectivity index (χ0v) is 13.0. The SMILES string of the molecule is Cc1ccc2c(c1)N=C(C1=CCNCC1)c1cc(F)ccc1N2. The van der Waals surface area contributed by atoms with Gasteiger partial charge in [0.2, 0.25) is 0 Å². The molecule has 0 spiro atoms. The highest BCUT2D eigenvalue weighted by molar-refractivity contribution is 6.18. The normalized spacial score (nSPS) is 16.4. The van der Waals surface area contributed by atoms with Gasteiger partial charge in [-0.25, -0.2) is 9.38 Å². The van der Waals surface area contributed by atoms with Crippen LogP contribution in [0.15, 0.2) is 53.0 Å². The first-order valence-corrected chi connectivity index (χ1v) is 7.87. The lowest BCUT2D eigenvalue weighted by Crippen LogP contribution is -2.24. The van der Waals surface area contributed by atoms with Crippen LogP contribution in [0.1, 0.15) is 17.5 Å². The second kappa shape index (κ2) is 5.63. The minimum Gasteiger partial charge on any atom is -0.353 e. The van der Waals surface area contributed by atoms with Crippen molar-refractivity contribution in [3.63, 3.8) is 0 Å². The van der Waals surface area contributed by atoms with Gasteiger partial charge in [0.05, 0.1) is 17.1 Å². The molecule has 116 valence electrons. The topological polar surface area (TPSA) is 36.4 Å². The standard InChI is InChI=1S/C19H18FN3/c1-12-2-4-17-18(10-12)23-19(13-6-8-21-9-7-13)15-11-14(20)3-5-16(15)22-17/h2-6,10-11,21-22H,7-9H2,1H3. The number of nitrogens with zero attached hydrogens (tertiary/aromatic N) is 1. The Bertz CT molecular complexity index is 837. The fourth-order valence-corrected chi connectivity index (χ4v) is 3.07. The quantitative estimate of drug-likeness (QED) is 0.827. The summed E-state index contributed by atoms with van der Waals surface area (Å²) in [5.74, 6) is -0.241. The number of benzene rings is 2. The van der Waals surface area contributed by atoms with Crippen molar-refractivity contribution >= 4 is 22.8 Å². The Balaban J connectivity index is 1.95. The molecule has 3 nitrogen and oxygen atoms in total. The minimum absolute atomic E-state index is 0.241. The van der Waals surface area contributed by atoms with Gasteiger partial charge in [0.25, 0.3) is 0 Å². The Morgan fingerprint density at radius 2 is 1.96 bits per heavy atom. The van der Waals surface area contributed by atoms with Crippen molar-refractivity contribution < 1.29 is 4.39 Å². The third-order valence-corrected chi connectivity index (χ3v) is 4.26. The van der Waals surface area contributed by atoms with Crippen LogP contribution < -0.4 is 10.6 Å². The summed E-state index contributed by atoms with van der Waals surface area (Å²) in [6, 6.07) is 11.0. The van der Waals surface area contributed by atoms with Crippen LogP contribution in [0.25, 0.3) is 0 Å². The summed E-state index contributed by atoms with van der Waals surface area (Å²) in [4.78, 5) is 4.90.